The fraction of sp³-hybridized carbons (Fsp3) is 0.533. The Morgan fingerprint density at radius 2 is 2.30 bits per heavy atom. The van der Waals surface area contributed by atoms with Crippen molar-refractivity contribution in [1.29, 1.82) is 0 Å². The highest BCUT2D eigenvalue weighted by atomic mass is 16.5. The quantitative estimate of drug-likeness (QED) is 0.821. The zero-order valence-corrected chi connectivity index (χ0v) is 12.1. The number of amides is 1. The highest BCUT2D eigenvalue weighted by molar-refractivity contribution is 5.94. The first-order valence-corrected chi connectivity index (χ1v) is 6.96. The molecule has 1 N–H and O–H groups in total. The van der Waals surface area contributed by atoms with Gasteiger partial charge in [0.1, 0.15) is 12.4 Å². The van der Waals surface area contributed by atoms with Gasteiger partial charge in [-0.15, -0.1) is 0 Å². The van der Waals surface area contributed by atoms with Crippen molar-refractivity contribution < 1.29 is 14.3 Å². The van der Waals surface area contributed by atoms with E-state index in [0.717, 1.165) is 19.6 Å². The molecule has 0 spiro atoms. The molecule has 1 amide bonds. The third-order valence-electron chi connectivity index (χ3n) is 3.40. The lowest BCUT2D eigenvalue weighted by Crippen LogP contribution is -2.52. The van der Waals surface area contributed by atoms with E-state index < -0.39 is 0 Å². The Bertz CT molecular complexity index is 450. The van der Waals surface area contributed by atoms with Gasteiger partial charge in [-0.1, -0.05) is 6.07 Å². The van der Waals surface area contributed by atoms with Gasteiger partial charge in [-0.2, -0.15) is 0 Å². The number of nitrogens with zero attached hydrogens (tertiary/aromatic N) is 1. The number of ether oxygens (including phenoxy) is 2. The maximum absolute atomic E-state index is 12.5. The number of methoxy groups -OCH3 is 1. The summed E-state index contributed by atoms with van der Waals surface area (Å²) < 4.78 is 10.5. The van der Waals surface area contributed by atoms with E-state index in [9.17, 15) is 4.79 Å². The molecule has 1 atom stereocenters. The van der Waals surface area contributed by atoms with Crippen LogP contribution in [0, 0.1) is 0 Å². The van der Waals surface area contributed by atoms with Gasteiger partial charge in [-0.3, -0.25) is 4.79 Å². The average Bonchev–Trinajstić information content (AvgIpc) is 2.48. The highest BCUT2D eigenvalue weighted by Crippen LogP contribution is 2.16. The number of hydrogen-bond acceptors (Lipinski definition) is 4. The number of carbonyl (C=O) groups excluding carboxylic acids is 1. The third-order valence-corrected chi connectivity index (χ3v) is 3.40. The van der Waals surface area contributed by atoms with Crippen LogP contribution in [0.5, 0.6) is 5.75 Å². The van der Waals surface area contributed by atoms with Crippen molar-refractivity contribution in [2.24, 2.45) is 0 Å². The van der Waals surface area contributed by atoms with Crippen molar-refractivity contribution in [3.05, 3.63) is 29.8 Å². The molecule has 0 aromatic heterocycles. The predicted octanol–water partition coefficient (Wildman–Crippen LogP) is 1.15. The minimum absolute atomic E-state index is 0.0659. The van der Waals surface area contributed by atoms with Crippen molar-refractivity contribution in [3.8, 4) is 5.75 Å². The Balaban J connectivity index is 2.03. The van der Waals surface area contributed by atoms with Gasteiger partial charge in [-0.05, 0) is 25.1 Å². The van der Waals surface area contributed by atoms with E-state index in [1.807, 2.05) is 23.1 Å². The first kappa shape index (κ1) is 14.8. The third kappa shape index (κ3) is 3.71. The van der Waals surface area contributed by atoms with Crippen molar-refractivity contribution >= 4 is 5.91 Å². The van der Waals surface area contributed by atoms with Crippen molar-refractivity contribution in [3.63, 3.8) is 0 Å². The lowest BCUT2D eigenvalue weighted by molar-refractivity contribution is 0.0655. The smallest absolute Gasteiger partial charge is 0.254 e. The summed E-state index contributed by atoms with van der Waals surface area (Å²) in [6.45, 7) is 5.51. The summed E-state index contributed by atoms with van der Waals surface area (Å²) in [5.41, 5.74) is 0.675. The number of nitrogens with one attached hydrogen (secondary N) is 1. The summed E-state index contributed by atoms with van der Waals surface area (Å²) in [6.07, 6.45) is 0. The zero-order valence-electron chi connectivity index (χ0n) is 12.1. The number of carbonyl (C=O) groups is 1. The van der Waals surface area contributed by atoms with Crippen LogP contribution in [0.2, 0.25) is 0 Å². The Morgan fingerprint density at radius 1 is 1.45 bits per heavy atom. The molecule has 110 valence electrons. The van der Waals surface area contributed by atoms with E-state index in [0.29, 0.717) is 24.5 Å². The van der Waals surface area contributed by atoms with Gasteiger partial charge >= 0.3 is 0 Å². The van der Waals surface area contributed by atoms with Gasteiger partial charge in [0.15, 0.2) is 0 Å². The van der Waals surface area contributed by atoms with E-state index in [1.54, 1.807) is 13.2 Å². The molecule has 5 heteroatoms. The van der Waals surface area contributed by atoms with Gasteiger partial charge in [0.05, 0.1) is 6.61 Å². The molecule has 1 aliphatic heterocycles. The molecule has 0 aliphatic carbocycles. The Morgan fingerprint density at radius 3 is 3.05 bits per heavy atom. The topological polar surface area (TPSA) is 50.8 Å². The molecule has 0 saturated carbocycles. The highest BCUT2D eigenvalue weighted by Gasteiger charge is 2.24. The van der Waals surface area contributed by atoms with Gasteiger partial charge in [0.25, 0.3) is 5.91 Å². The molecule has 20 heavy (non-hydrogen) atoms. The van der Waals surface area contributed by atoms with Crippen LogP contribution in [0.15, 0.2) is 24.3 Å². The predicted molar refractivity (Wildman–Crippen MR) is 77.2 cm³/mol. The van der Waals surface area contributed by atoms with E-state index >= 15 is 0 Å². The molecule has 1 aromatic carbocycles. The lowest BCUT2D eigenvalue weighted by atomic mass is 10.1. The van der Waals surface area contributed by atoms with Gasteiger partial charge in [0, 0.05) is 38.3 Å². The van der Waals surface area contributed by atoms with Crippen molar-refractivity contribution in [1.82, 2.24) is 10.2 Å². The number of piperazine rings is 1. The van der Waals surface area contributed by atoms with Crippen LogP contribution in [0.4, 0.5) is 0 Å². The Labute approximate surface area is 119 Å². The van der Waals surface area contributed by atoms with Crippen LogP contribution in [0.25, 0.3) is 0 Å². The van der Waals surface area contributed by atoms with Crippen molar-refractivity contribution in [2.75, 3.05) is 40.0 Å². The maximum Gasteiger partial charge on any atom is 0.254 e. The molecule has 0 bridgehead atoms. The number of benzene rings is 1. The molecule has 5 nitrogen and oxygen atoms in total. The first-order chi connectivity index (χ1) is 9.72. The van der Waals surface area contributed by atoms with Crippen LogP contribution in [0.3, 0.4) is 0 Å². The molecule has 0 radical (unpaired) electrons. The van der Waals surface area contributed by atoms with Crippen LogP contribution in [0.1, 0.15) is 17.3 Å². The Kier molecular flexibility index (Phi) is 5.38. The second-order valence-corrected chi connectivity index (χ2v) is 4.92. The summed E-state index contributed by atoms with van der Waals surface area (Å²) >= 11 is 0. The number of rotatable bonds is 5. The van der Waals surface area contributed by atoms with Crippen LogP contribution in [-0.4, -0.2) is 56.8 Å². The van der Waals surface area contributed by atoms with E-state index in [2.05, 4.69) is 12.2 Å². The fourth-order valence-electron chi connectivity index (χ4n) is 2.27. The van der Waals surface area contributed by atoms with Gasteiger partial charge < -0.3 is 19.7 Å². The Hall–Kier alpha value is -1.59. The molecule has 1 aromatic rings. The van der Waals surface area contributed by atoms with Gasteiger partial charge in [0.2, 0.25) is 0 Å². The lowest BCUT2D eigenvalue weighted by Gasteiger charge is -2.34. The molecule has 2 rings (SSSR count). The SMILES string of the molecule is COCCOc1cccc(C(=O)N2CCNC[C@@H]2C)c1. The monoisotopic (exact) mass is 278 g/mol. The summed E-state index contributed by atoms with van der Waals surface area (Å²) in [5, 5.41) is 3.28. The molecular weight excluding hydrogens is 256 g/mol. The molecule has 0 unspecified atom stereocenters. The fourth-order valence-corrected chi connectivity index (χ4v) is 2.27. The van der Waals surface area contributed by atoms with E-state index in [4.69, 9.17) is 9.47 Å². The average molecular weight is 278 g/mol. The number of hydrogen-bond donors (Lipinski definition) is 1. The van der Waals surface area contributed by atoms with Gasteiger partial charge in [-0.25, -0.2) is 0 Å². The summed E-state index contributed by atoms with van der Waals surface area (Å²) in [7, 11) is 1.63. The summed E-state index contributed by atoms with van der Waals surface area (Å²) in [5.74, 6) is 0.770. The minimum atomic E-state index is 0.0659. The summed E-state index contributed by atoms with van der Waals surface area (Å²) in [4.78, 5) is 14.4. The second-order valence-electron chi connectivity index (χ2n) is 4.92. The largest absolute Gasteiger partial charge is 0.491 e. The van der Waals surface area contributed by atoms with Crippen LogP contribution in [-0.2, 0) is 4.74 Å². The van der Waals surface area contributed by atoms with Crippen molar-refractivity contribution in [2.45, 2.75) is 13.0 Å². The second kappa shape index (κ2) is 7.26. The van der Waals surface area contributed by atoms with E-state index in [-0.39, 0.29) is 11.9 Å². The van der Waals surface area contributed by atoms with E-state index in [1.165, 1.54) is 0 Å². The van der Waals surface area contributed by atoms with Crippen LogP contribution >= 0.6 is 0 Å². The maximum atomic E-state index is 12.5. The minimum Gasteiger partial charge on any atom is -0.491 e. The molecule has 1 saturated heterocycles. The zero-order chi connectivity index (χ0) is 14.4. The standard InChI is InChI=1S/C15H22N2O3/c1-12-11-16-6-7-17(12)15(18)13-4-3-5-14(10-13)20-9-8-19-2/h3-5,10,12,16H,6-9,11H2,1-2H3/t12-/m0/s1. The molecule has 1 fully saturated rings. The molecular formula is C15H22N2O3. The first-order valence-electron chi connectivity index (χ1n) is 6.96. The summed E-state index contributed by atoms with van der Waals surface area (Å²) in [6, 6.07) is 7.55. The molecule has 1 aliphatic rings. The molecule has 1 heterocycles. The normalized spacial score (nSPS) is 18.9. The van der Waals surface area contributed by atoms with Crippen LogP contribution < -0.4 is 10.1 Å².